The molecule has 154 valence electrons. The zero-order valence-corrected chi connectivity index (χ0v) is 16.9. The number of carbonyl (C=O) groups is 2. The molecule has 0 spiro atoms. The minimum atomic E-state index is -0.356. The number of benzene rings is 2. The van der Waals surface area contributed by atoms with Crippen molar-refractivity contribution < 1.29 is 23.8 Å². The molecule has 2 aromatic carbocycles. The lowest BCUT2D eigenvalue weighted by Gasteiger charge is -2.38. The molecule has 3 rings (SSSR count). The van der Waals surface area contributed by atoms with Crippen molar-refractivity contribution in [3.8, 4) is 11.5 Å². The molecule has 0 aromatic heterocycles. The summed E-state index contributed by atoms with van der Waals surface area (Å²) in [4.78, 5) is 26.1. The molecule has 2 aromatic rings. The van der Waals surface area contributed by atoms with Gasteiger partial charge in [0.15, 0.2) is 11.5 Å². The number of urea groups is 1. The normalized spacial score (nSPS) is 15.3. The van der Waals surface area contributed by atoms with Crippen LogP contribution in [0.1, 0.15) is 29.2 Å². The molecule has 1 atom stereocenters. The maximum absolute atomic E-state index is 12.9. The average Bonchev–Trinajstić information content (AvgIpc) is 2.77. The second kappa shape index (κ2) is 9.32. The van der Waals surface area contributed by atoms with Crippen LogP contribution in [0.2, 0.25) is 0 Å². The summed E-state index contributed by atoms with van der Waals surface area (Å²) in [6.45, 7) is 0.772. The summed E-state index contributed by atoms with van der Waals surface area (Å²) in [5.41, 5.74) is 3.13. The summed E-state index contributed by atoms with van der Waals surface area (Å²) in [5, 5.41) is 2.83. The van der Waals surface area contributed by atoms with Gasteiger partial charge < -0.3 is 24.4 Å². The van der Waals surface area contributed by atoms with Gasteiger partial charge in [-0.1, -0.05) is 30.3 Å². The SMILES string of the molecule is COC(=O)CCNC(=O)N1CCc2cc(OC)c(OC)cc2C1c1ccccc1. The van der Waals surface area contributed by atoms with E-state index in [9.17, 15) is 9.59 Å². The number of hydrogen-bond donors (Lipinski definition) is 1. The standard InChI is InChI=1S/C22H26N2O5/c1-27-18-13-16-10-12-24(22(26)23-11-9-20(25)29-3)21(15-7-5-4-6-8-15)17(16)14-19(18)28-2/h4-8,13-14,21H,9-12H2,1-3H3,(H,23,26). The number of amides is 2. The first kappa shape index (κ1) is 20.5. The quantitative estimate of drug-likeness (QED) is 0.757. The van der Waals surface area contributed by atoms with Crippen LogP contribution in [-0.4, -0.2) is 51.3 Å². The largest absolute Gasteiger partial charge is 0.493 e. The van der Waals surface area contributed by atoms with Crippen molar-refractivity contribution in [1.29, 1.82) is 0 Å². The second-order valence-corrected chi connectivity index (χ2v) is 6.72. The van der Waals surface area contributed by atoms with Gasteiger partial charge in [-0.2, -0.15) is 0 Å². The molecular formula is C22H26N2O5. The summed E-state index contributed by atoms with van der Waals surface area (Å²) in [7, 11) is 4.55. The van der Waals surface area contributed by atoms with Crippen LogP contribution >= 0.6 is 0 Å². The van der Waals surface area contributed by atoms with E-state index in [1.807, 2.05) is 42.5 Å². The molecule has 7 nitrogen and oxygen atoms in total. The minimum Gasteiger partial charge on any atom is -0.493 e. The van der Waals surface area contributed by atoms with Crippen LogP contribution in [0.3, 0.4) is 0 Å². The molecule has 1 aliphatic rings. The van der Waals surface area contributed by atoms with Crippen LogP contribution in [0.4, 0.5) is 4.79 Å². The zero-order chi connectivity index (χ0) is 20.8. The number of fused-ring (bicyclic) bond motifs is 1. The highest BCUT2D eigenvalue weighted by atomic mass is 16.5. The van der Waals surface area contributed by atoms with Gasteiger partial charge in [-0.15, -0.1) is 0 Å². The maximum atomic E-state index is 12.9. The maximum Gasteiger partial charge on any atom is 0.318 e. The Bertz CT molecular complexity index is 869. The molecule has 0 fully saturated rings. The predicted octanol–water partition coefficient (Wildman–Crippen LogP) is 2.92. The van der Waals surface area contributed by atoms with Crippen LogP contribution in [-0.2, 0) is 16.0 Å². The lowest BCUT2D eigenvalue weighted by atomic mass is 9.88. The molecule has 0 bridgehead atoms. The molecular weight excluding hydrogens is 372 g/mol. The van der Waals surface area contributed by atoms with E-state index >= 15 is 0 Å². The van der Waals surface area contributed by atoms with Crippen molar-refractivity contribution in [3.63, 3.8) is 0 Å². The van der Waals surface area contributed by atoms with Crippen LogP contribution in [0.5, 0.6) is 11.5 Å². The van der Waals surface area contributed by atoms with Crippen molar-refractivity contribution in [1.82, 2.24) is 10.2 Å². The molecule has 0 radical (unpaired) electrons. The van der Waals surface area contributed by atoms with Gasteiger partial charge in [-0.3, -0.25) is 4.79 Å². The molecule has 2 amide bonds. The Morgan fingerprint density at radius 3 is 2.41 bits per heavy atom. The van der Waals surface area contributed by atoms with E-state index in [0.717, 1.165) is 16.7 Å². The fraction of sp³-hybridized carbons (Fsp3) is 0.364. The number of nitrogens with one attached hydrogen (secondary N) is 1. The lowest BCUT2D eigenvalue weighted by Crippen LogP contribution is -2.46. The number of esters is 1. The molecule has 0 aliphatic carbocycles. The summed E-state index contributed by atoms with van der Waals surface area (Å²) >= 11 is 0. The first-order valence-corrected chi connectivity index (χ1v) is 9.50. The number of carbonyl (C=O) groups excluding carboxylic acids is 2. The summed E-state index contributed by atoms with van der Waals surface area (Å²) in [5.74, 6) is 0.944. The van der Waals surface area contributed by atoms with E-state index in [2.05, 4.69) is 10.1 Å². The van der Waals surface area contributed by atoms with E-state index in [1.54, 1.807) is 19.1 Å². The topological polar surface area (TPSA) is 77.1 Å². The van der Waals surface area contributed by atoms with E-state index in [1.165, 1.54) is 7.11 Å². The second-order valence-electron chi connectivity index (χ2n) is 6.72. The minimum absolute atomic E-state index is 0.133. The van der Waals surface area contributed by atoms with Crippen LogP contribution in [0.25, 0.3) is 0 Å². The molecule has 1 aliphatic heterocycles. The van der Waals surface area contributed by atoms with Crippen LogP contribution in [0.15, 0.2) is 42.5 Å². The Labute approximate surface area is 170 Å². The predicted molar refractivity (Wildman–Crippen MR) is 108 cm³/mol. The summed E-state index contributed by atoms with van der Waals surface area (Å²) in [6, 6.07) is 13.3. The number of methoxy groups -OCH3 is 3. The lowest BCUT2D eigenvalue weighted by molar-refractivity contribution is -0.140. The van der Waals surface area contributed by atoms with E-state index < -0.39 is 0 Å². The Kier molecular flexibility index (Phi) is 6.59. The van der Waals surface area contributed by atoms with Gasteiger partial charge >= 0.3 is 12.0 Å². The average molecular weight is 398 g/mol. The van der Waals surface area contributed by atoms with Gasteiger partial charge in [-0.25, -0.2) is 4.79 Å². The van der Waals surface area contributed by atoms with Gasteiger partial charge in [0.25, 0.3) is 0 Å². The van der Waals surface area contributed by atoms with Gasteiger partial charge in [0.1, 0.15) is 0 Å². The van der Waals surface area contributed by atoms with Gasteiger partial charge in [0.2, 0.25) is 0 Å². The van der Waals surface area contributed by atoms with E-state index in [-0.39, 0.29) is 31.0 Å². The third-order valence-electron chi connectivity index (χ3n) is 5.08. The Morgan fingerprint density at radius 2 is 1.76 bits per heavy atom. The van der Waals surface area contributed by atoms with Crippen molar-refractivity contribution in [2.45, 2.75) is 18.9 Å². The van der Waals surface area contributed by atoms with Crippen molar-refractivity contribution in [2.24, 2.45) is 0 Å². The third kappa shape index (κ3) is 4.45. The number of hydrogen-bond acceptors (Lipinski definition) is 5. The highest BCUT2D eigenvalue weighted by molar-refractivity contribution is 5.77. The highest BCUT2D eigenvalue weighted by Gasteiger charge is 2.33. The molecule has 1 N–H and O–H groups in total. The van der Waals surface area contributed by atoms with Gasteiger partial charge in [-0.05, 0) is 35.2 Å². The van der Waals surface area contributed by atoms with Crippen molar-refractivity contribution in [2.75, 3.05) is 34.4 Å². The third-order valence-corrected chi connectivity index (χ3v) is 5.08. The first-order valence-electron chi connectivity index (χ1n) is 9.50. The van der Waals surface area contributed by atoms with Crippen LogP contribution < -0.4 is 14.8 Å². The number of ether oxygens (including phenoxy) is 3. The fourth-order valence-corrected chi connectivity index (χ4v) is 3.63. The van der Waals surface area contributed by atoms with Gasteiger partial charge in [0, 0.05) is 13.1 Å². The first-order chi connectivity index (χ1) is 14.1. The van der Waals surface area contributed by atoms with E-state index in [0.29, 0.717) is 24.5 Å². The van der Waals surface area contributed by atoms with E-state index in [4.69, 9.17) is 9.47 Å². The molecule has 29 heavy (non-hydrogen) atoms. The monoisotopic (exact) mass is 398 g/mol. The summed E-state index contributed by atoms with van der Waals surface area (Å²) in [6.07, 6.45) is 0.830. The molecule has 1 unspecified atom stereocenters. The van der Waals surface area contributed by atoms with Gasteiger partial charge in [0.05, 0.1) is 33.8 Å². The smallest absolute Gasteiger partial charge is 0.318 e. The highest BCUT2D eigenvalue weighted by Crippen LogP contribution is 2.40. The fourth-order valence-electron chi connectivity index (χ4n) is 3.63. The number of rotatable bonds is 6. The molecule has 7 heteroatoms. The Hall–Kier alpha value is -3.22. The van der Waals surface area contributed by atoms with Crippen molar-refractivity contribution >= 4 is 12.0 Å². The summed E-state index contributed by atoms with van der Waals surface area (Å²) < 4.78 is 15.6. The number of nitrogens with zero attached hydrogens (tertiary/aromatic N) is 1. The van der Waals surface area contributed by atoms with Crippen molar-refractivity contribution in [3.05, 3.63) is 59.2 Å². The molecule has 0 saturated carbocycles. The Morgan fingerprint density at radius 1 is 1.07 bits per heavy atom. The van der Waals surface area contributed by atoms with Crippen LogP contribution in [0, 0.1) is 0 Å². The zero-order valence-electron chi connectivity index (χ0n) is 16.9. The Balaban J connectivity index is 1.94. The molecule has 0 saturated heterocycles. The molecule has 1 heterocycles.